The number of ether oxygens (including phenoxy) is 1. The van der Waals surface area contributed by atoms with Crippen LogP contribution in [0.15, 0.2) is 18.2 Å². The number of aromatic nitrogens is 3. The van der Waals surface area contributed by atoms with E-state index in [1.165, 1.54) is 0 Å². The smallest absolute Gasteiger partial charge is 0.165 e. The van der Waals surface area contributed by atoms with Crippen molar-refractivity contribution < 1.29 is 4.74 Å². The summed E-state index contributed by atoms with van der Waals surface area (Å²) < 4.78 is 6.98. The predicted octanol–water partition coefficient (Wildman–Crippen LogP) is 3.70. The van der Waals surface area contributed by atoms with Gasteiger partial charge < -0.3 is 15.8 Å². The first kappa shape index (κ1) is 17.8. The molecule has 0 radical (unpaired) electrons. The van der Waals surface area contributed by atoms with E-state index in [4.69, 9.17) is 33.7 Å². The van der Waals surface area contributed by atoms with Crippen LogP contribution in [0.1, 0.15) is 11.4 Å². The highest BCUT2D eigenvalue weighted by Gasteiger charge is 2.21. The number of halogens is 2. The summed E-state index contributed by atoms with van der Waals surface area (Å²) >= 11 is 13.0. The summed E-state index contributed by atoms with van der Waals surface area (Å²) in [5, 5.41) is 8.85. The van der Waals surface area contributed by atoms with E-state index >= 15 is 0 Å². The van der Waals surface area contributed by atoms with Crippen LogP contribution in [0.3, 0.4) is 0 Å². The Morgan fingerprint density at radius 2 is 1.84 bits per heavy atom. The van der Waals surface area contributed by atoms with Crippen molar-refractivity contribution in [3.05, 3.63) is 39.6 Å². The molecule has 0 unspecified atom stereocenters. The Kier molecular flexibility index (Phi) is 5.03. The quantitative estimate of drug-likeness (QED) is 0.706. The maximum atomic E-state index is 6.48. The van der Waals surface area contributed by atoms with Gasteiger partial charge >= 0.3 is 0 Å². The number of aryl methyl sites for hydroxylation is 2. The van der Waals surface area contributed by atoms with Crippen LogP contribution in [0.4, 0.5) is 5.82 Å². The lowest BCUT2D eigenvalue weighted by molar-refractivity contribution is 0.415. The van der Waals surface area contributed by atoms with Crippen molar-refractivity contribution >= 4 is 34.7 Å². The zero-order valence-electron chi connectivity index (χ0n) is 14.2. The first-order valence-electron chi connectivity index (χ1n) is 7.80. The molecular formula is C17H19Cl2N5O. The average Bonchev–Trinajstić information content (AvgIpc) is 2.88. The van der Waals surface area contributed by atoms with E-state index < -0.39 is 0 Å². The molecule has 0 amide bonds. The molecule has 0 fully saturated rings. The van der Waals surface area contributed by atoms with Gasteiger partial charge in [-0.3, -0.25) is 0 Å². The molecule has 0 saturated heterocycles. The number of anilines is 1. The number of hydrogen-bond acceptors (Lipinski definition) is 5. The van der Waals surface area contributed by atoms with E-state index in [0.29, 0.717) is 40.1 Å². The normalized spacial score (nSPS) is 11.1. The topological polar surface area (TPSA) is 77.5 Å². The minimum Gasteiger partial charge on any atom is -0.497 e. The molecule has 0 bridgehead atoms. The van der Waals surface area contributed by atoms with Gasteiger partial charge in [0, 0.05) is 30.4 Å². The minimum absolute atomic E-state index is 0.488. The third kappa shape index (κ3) is 3.25. The van der Waals surface area contributed by atoms with Gasteiger partial charge in [0.05, 0.1) is 28.4 Å². The lowest BCUT2D eigenvalue weighted by Crippen LogP contribution is -2.15. The average molecular weight is 380 g/mol. The zero-order chi connectivity index (χ0) is 18.1. The van der Waals surface area contributed by atoms with Crippen LogP contribution in [0, 0.1) is 13.8 Å². The summed E-state index contributed by atoms with van der Waals surface area (Å²) in [5.41, 5.74) is 9.42. The molecule has 0 aliphatic carbocycles. The van der Waals surface area contributed by atoms with Gasteiger partial charge in [-0.15, -0.1) is 0 Å². The van der Waals surface area contributed by atoms with Gasteiger partial charge in [0.15, 0.2) is 5.65 Å². The molecule has 0 aliphatic heterocycles. The second kappa shape index (κ2) is 7.07. The van der Waals surface area contributed by atoms with E-state index in [1.807, 2.05) is 19.9 Å². The SMILES string of the molecule is COc1cc(Cl)c(-c2c(C)nn3c(NCCN)cc(C)nc23)c(Cl)c1. The summed E-state index contributed by atoms with van der Waals surface area (Å²) in [6.45, 7) is 4.99. The number of benzene rings is 1. The molecule has 1 aromatic carbocycles. The maximum absolute atomic E-state index is 6.48. The van der Waals surface area contributed by atoms with Crippen molar-refractivity contribution in [2.45, 2.75) is 13.8 Å². The van der Waals surface area contributed by atoms with Gasteiger partial charge in [-0.05, 0) is 26.0 Å². The van der Waals surface area contributed by atoms with E-state index in [0.717, 1.165) is 22.8 Å². The van der Waals surface area contributed by atoms with Crippen LogP contribution in [0.2, 0.25) is 10.0 Å². The van der Waals surface area contributed by atoms with E-state index in [2.05, 4.69) is 15.4 Å². The highest BCUT2D eigenvalue weighted by molar-refractivity contribution is 6.39. The van der Waals surface area contributed by atoms with Gasteiger partial charge in [-0.25, -0.2) is 4.98 Å². The fourth-order valence-electron chi connectivity index (χ4n) is 2.77. The van der Waals surface area contributed by atoms with Crippen LogP contribution < -0.4 is 15.8 Å². The Bertz CT molecular complexity index is 915. The van der Waals surface area contributed by atoms with Crippen LogP contribution in [-0.2, 0) is 0 Å². The molecule has 2 heterocycles. The summed E-state index contributed by atoms with van der Waals surface area (Å²) in [5.74, 6) is 1.42. The van der Waals surface area contributed by atoms with E-state index in [9.17, 15) is 0 Å². The fourth-order valence-corrected chi connectivity index (χ4v) is 3.43. The van der Waals surface area contributed by atoms with E-state index in [-0.39, 0.29) is 0 Å². The van der Waals surface area contributed by atoms with Crippen LogP contribution in [0.25, 0.3) is 16.8 Å². The highest BCUT2D eigenvalue weighted by Crippen LogP contribution is 2.41. The predicted molar refractivity (Wildman–Crippen MR) is 102 cm³/mol. The van der Waals surface area contributed by atoms with Crippen molar-refractivity contribution in [2.75, 3.05) is 25.5 Å². The molecule has 8 heteroatoms. The standard InChI is InChI=1S/C17H19Cl2N5O/c1-9-6-14(21-5-4-20)24-17(22-9)15(10(2)23-24)16-12(18)7-11(25-3)8-13(16)19/h6-8,21H,4-5,20H2,1-3H3. The zero-order valence-corrected chi connectivity index (χ0v) is 15.7. The Morgan fingerprint density at radius 3 is 2.44 bits per heavy atom. The van der Waals surface area contributed by atoms with Gasteiger partial charge in [-0.2, -0.15) is 9.61 Å². The van der Waals surface area contributed by atoms with Crippen molar-refractivity contribution in [1.82, 2.24) is 14.6 Å². The molecule has 132 valence electrons. The second-order valence-corrected chi connectivity index (χ2v) is 6.47. The van der Waals surface area contributed by atoms with Crippen LogP contribution >= 0.6 is 23.2 Å². The lowest BCUT2D eigenvalue weighted by Gasteiger charge is -2.11. The fraction of sp³-hybridized carbons (Fsp3) is 0.294. The molecule has 0 atom stereocenters. The largest absolute Gasteiger partial charge is 0.497 e. The summed E-state index contributed by atoms with van der Waals surface area (Å²) in [6.07, 6.45) is 0. The van der Waals surface area contributed by atoms with Crippen LogP contribution in [0.5, 0.6) is 5.75 Å². The van der Waals surface area contributed by atoms with Crippen molar-refractivity contribution in [1.29, 1.82) is 0 Å². The number of rotatable bonds is 5. The molecule has 0 saturated carbocycles. The molecule has 25 heavy (non-hydrogen) atoms. The highest BCUT2D eigenvalue weighted by atomic mass is 35.5. The number of hydrogen-bond donors (Lipinski definition) is 2. The van der Waals surface area contributed by atoms with Gasteiger partial charge in [0.1, 0.15) is 11.6 Å². The molecule has 2 aromatic heterocycles. The maximum Gasteiger partial charge on any atom is 0.165 e. The number of nitrogens with zero attached hydrogens (tertiary/aromatic N) is 3. The molecule has 0 aliphatic rings. The molecule has 3 rings (SSSR count). The Labute approximate surface area is 155 Å². The molecule has 3 N–H and O–H groups in total. The molecular weight excluding hydrogens is 361 g/mol. The number of nitrogens with one attached hydrogen (secondary N) is 1. The van der Waals surface area contributed by atoms with Gasteiger partial charge in [0.2, 0.25) is 0 Å². The van der Waals surface area contributed by atoms with Crippen molar-refractivity contribution in [2.24, 2.45) is 5.73 Å². The monoisotopic (exact) mass is 379 g/mol. The Morgan fingerprint density at radius 1 is 1.16 bits per heavy atom. The Balaban J connectivity index is 2.28. The number of fused-ring (bicyclic) bond motifs is 1. The lowest BCUT2D eigenvalue weighted by atomic mass is 10.1. The third-order valence-corrected chi connectivity index (χ3v) is 4.44. The third-order valence-electron chi connectivity index (χ3n) is 3.84. The van der Waals surface area contributed by atoms with Crippen molar-refractivity contribution in [3.63, 3.8) is 0 Å². The Hall–Kier alpha value is -2.02. The van der Waals surface area contributed by atoms with Gasteiger partial charge in [0.25, 0.3) is 0 Å². The first-order valence-corrected chi connectivity index (χ1v) is 8.56. The molecule has 0 spiro atoms. The minimum atomic E-state index is 0.488. The summed E-state index contributed by atoms with van der Waals surface area (Å²) in [6, 6.07) is 5.39. The summed E-state index contributed by atoms with van der Waals surface area (Å²) in [4.78, 5) is 4.65. The van der Waals surface area contributed by atoms with Crippen molar-refractivity contribution in [3.8, 4) is 16.9 Å². The van der Waals surface area contributed by atoms with Crippen LogP contribution in [-0.4, -0.2) is 34.8 Å². The number of nitrogens with two attached hydrogens (primary N) is 1. The first-order chi connectivity index (χ1) is 12.0. The molecule has 6 nitrogen and oxygen atoms in total. The second-order valence-electron chi connectivity index (χ2n) is 5.66. The van der Waals surface area contributed by atoms with Gasteiger partial charge in [-0.1, -0.05) is 23.2 Å². The number of methoxy groups -OCH3 is 1. The molecule has 3 aromatic rings. The summed E-state index contributed by atoms with van der Waals surface area (Å²) in [7, 11) is 1.57. The van der Waals surface area contributed by atoms with E-state index in [1.54, 1.807) is 23.8 Å².